The molecule has 0 N–H and O–H groups in total. The monoisotopic (exact) mass is 404 g/mol. The zero-order valence-corrected chi connectivity index (χ0v) is 16.4. The van der Waals surface area contributed by atoms with Gasteiger partial charge in [-0.25, -0.2) is 9.97 Å². The van der Waals surface area contributed by atoms with Gasteiger partial charge in [0.05, 0.1) is 28.3 Å². The Labute approximate surface area is 172 Å². The van der Waals surface area contributed by atoms with Gasteiger partial charge in [-0.3, -0.25) is 4.79 Å². The van der Waals surface area contributed by atoms with Crippen molar-refractivity contribution in [2.45, 2.75) is 18.8 Å². The summed E-state index contributed by atoms with van der Waals surface area (Å²) >= 11 is 6.18. The van der Waals surface area contributed by atoms with Crippen molar-refractivity contribution in [3.8, 4) is 17.4 Å². The standard InChI is InChI=1S/C22H17ClN4O2/c1-27-18-9-5-4-8-17(18)26-22(27)15(12-24)19(28)10-11-21-25-13-20(29-21)14-6-2-3-7-16(14)23/h2-9,13,15H,10-11H2,1H3. The smallest absolute Gasteiger partial charge is 0.195 e. The zero-order chi connectivity index (χ0) is 20.4. The van der Waals surface area contributed by atoms with Crippen LogP contribution in [0.1, 0.15) is 24.1 Å². The van der Waals surface area contributed by atoms with Crippen LogP contribution >= 0.6 is 11.6 Å². The molecule has 2 aromatic carbocycles. The molecule has 0 aliphatic carbocycles. The molecule has 144 valence electrons. The van der Waals surface area contributed by atoms with E-state index in [4.69, 9.17) is 16.0 Å². The summed E-state index contributed by atoms with van der Waals surface area (Å²) in [7, 11) is 1.81. The fourth-order valence-electron chi connectivity index (χ4n) is 3.28. The minimum Gasteiger partial charge on any atom is -0.441 e. The number of carbonyl (C=O) groups is 1. The third-order valence-corrected chi connectivity index (χ3v) is 5.14. The molecule has 1 atom stereocenters. The number of hydrogen-bond acceptors (Lipinski definition) is 5. The van der Waals surface area contributed by atoms with Gasteiger partial charge in [0.1, 0.15) is 5.82 Å². The third kappa shape index (κ3) is 3.65. The molecule has 0 radical (unpaired) electrons. The number of halogens is 1. The number of rotatable bonds is 6. The van der Waals surface area contributed by atoms with Gasteiger partial charge in [0.15, 0.2) is 23.4 Å². The van der Waals surface area contributed by atoms with E-state index >= 15 is 0 Å². The Hall–Kier alpha value is -3.43. The van der Waals surface area contributed by atoms with Crippen molar-refractivity contribution in [2.24, 2.45) is 7.05 Å². The summed E-state index contributed by atoms with van der Waals surface area (Å²) in [4.78, 5) is 21.5. The lowest BCUT2D eigenvalue weighted by Gasteiger charge is -2.08. The second-order valence-corrected chi connectivity index (χ2v) is 7.05. The van der Waals surface area contributed by atoms with E-state index in [1.54, 1.807) is 16.8 Å². The van der Waals surface area contributed by atoms with Gasteiger partial charge in [-0.2, -0.15) is 5.26 Å². The number of Topliss-reactive ketones (excluding diaryl/α,β-unsaturated/α-hetero) is 1. The summed E-state index contributed by atoms with van der Waals surface area (Å²) in [5, 5.41) is 10.2. The van der Waals surface area contributed by atoms with Crippen LogP contribution in [0.15, 0.2) is 59.1 Å². The maximum atomic E-state index is 12.7. The Balaban J connectivity index is 1.50. The Morgan fingerprint density at radius 2 is 2.00 bits per heavy atom. The quantitative estimate of drug-likeness (QED) is 0.465. The predicted octanol–water partition coefficient (Wildman–Crippen LogP) is 4.69. The molecule has 0 bridgehead atoms. The van der Waals surface area contributed by atoms with Gasteiger partial charge in [0.2, 0.25) is 0 Å². The lowest BCUT2D eigenvalue weighted by atomic mass is 10.0. The fourth-order valence-corrected chi connectivity index (χ4v) is 3.51. The van der Waals surface area contributed by atoms with Crippen LogP contribution in [0, 0.1) is 11.3 Å². The number of oxazole rings is 1. The molecule has 2 heterocycles. The number of imidazole rings is 1. The first kappa shape index (κ1) is 18.9. The first-order valence-corrected chi connectivity index (χ1v) is 9.49. The van der Waals surface area contributed by atoms with Crippen LogP contribution in [-0.4, -0.2) is 20.3 Å². The first-order chi connectivity index (χ1) is 14.1. The number of fused-ring (bicyclic) bond motifs is 1. The predicted molar refractivity (Wildman–Crippen MR) is 109 cm³/mol. The molecule has 6 nitrogen and oxygen atoms in total. The summed E-state index contributed by atoms with van der Waals surface area (Å²) in [6, 6.07) is 17.0. The van der Waals surface area contributed by atoms with Crippen molar-refractivity contribution in [1.29, 1.82) is 5.26 Å². The molecule has 0 spiro atoms. The van der Waals surface area contributed by atoms with Gasteiger partial charge in [-0.1, -0.05) is 35.9 Å². The number of ketones is 1. The summed E-state index contributed by atoms with van der Waals surface area (Å²) in [6.45, 7) is 0. The zero-order valence-electron chi connectivity index (χ0n) is 15.7. The summed E-state index contributed by atoms with van der Waals surface area (Å²) in [5.41, 5.74) is 2.39. The highest BCUT2D eigenvalue weighted by Gasteiger charge is 2.26. The molecular weight excluding hydrogens is 388 g/mol. The molecule has 0 saturated heterocycles. The lowest BCUT2D eigenvalue weighted by Crippen LogP contribution is -2.16. The summed E-state index contributed by atoms with van der Waals surface area (Å²) in [5.74, 6) is 0.261. The van der Waals surface area contributed by atoms with Crippen molar-refractivity contribution >= 4 is 28.4 Å². The van der Waals surface area contributed by atoms with Crippen LogP contribution in [0.5, 0.6) is 0 Å². The van der Waals surface area contributed by atoms with Gasteiger partial charge < -0.3 is 8.98 Å². The Bertz CT molecular complexity index is 1240. The topological polar surface area (TPSA) is 84.7 Å². The molecule has 7 heteroatoms. The largest absolute Gasteiger partial charge is 0.441 e. The number of carbonyl (C=O) groups excluding carboxylic acids is 1. The molecular formula is C22H17ClN4O2. The van der Waals surface area contributed by atoms with E-state index in [0.29, 0.717) is 28.9 Å². The average Bonchev–Trinajstić information content (AvgIpc) is 3.33. The number of benzene rings is 2. The number of hydrogen-bond donors (Lipinski definition) is 0. The number of aryl methyl sites for hydroxylation is 2. The highest BCUT2D eigenvalue weighted by Crippen LogP contribution is 2.28. The maximum absolute atomic E-state index is 12.7. The van der Waals surface area contributed by atoms with Gasteiger partial charge in [-0.15, -0.1) is 0 Å². The number of nitriles is 1. The van der Waals surface area contributed by atoms with Crippen LogP contribution in [-0.2, 0) is 18.3 Å². The average molecular weight is 405 g/mol. The van der Waals surface area contributed by atoms with Crippen LogP contribution in [0.4, 0.5) is 0 Å². The van der Waals surface area contributed by atoms with E-state index in [-0.39, 0.29) is 12.2 Å². The Kier molecular flexibility index (Phi) is 5.15. The van der Waals surface area contributed by atoms with Gasteiger partial charge >= 0.3 is 0 Å². The fraction of sp³-hybridized carbons (Fsp3) is 0.182. The Morgan fingerprint density at radius 3 is 2.76 bits per heavy atom. The molecule has 29 heavy (non-hydrogen) atoms. The van der Waals surface area contributed by atoms with Crippen LogP contribution < -0.4 is 0 Å². The highest BCUT2D eigenvalue weighted by atomic mass is 35.5. The Morgan fingerprint density at radius 1 is 1.24 bits per heavy atom. The van der Waals surface area contributed by atoms with Crippen molar-refractivity contribution in [1.82, 2.24) is 14.5 Å². The second-order valence-electron chi connectivity index (χ2n) is 6.64. The molecule has 0 aliphatic rings. The number of aromatic nitrogens is 3. The third-order valence-electron chi connectivity index (χ3n) is 4.81. The molecule has 0 fully saturated rings. The summed E-state index contributed by atoms with van der Waals surface area (Å²) in [6.07, 6.45) is 2.02. The van der Waals surface area contributed by atoms with E-state index < -0.39 is 5.92 Å². The molecule has 1 unspecified atom stereocenters. The second kappa shape index (κ2) is 7.90. The molecule has 4 rings (SSSR count). The van der Waals surface area contributed by atoms with Gasteiger partial charge in [-0.05, 0) is 24.3 Å². The van der Waals surface area contributed by atoms with E-state index in [1.807, 2.05) is 49.5 Å². The molecule has 0 saturated carbocycles. The maximum Gasteiger partial charge on any atom is 0.195 e. The molecule has 0 amide bonds. The highest BCUT2D eigenvalue weighted by molar-refractivity contribution is 6.33. The van der Waals surface area contributed by atoms with Crippen LogP contribution in [0.2, 0.25) is 5.02 Å². The lowest BCUT2D eigenvalue weighted by molar-refractivity contribution is -0.119. The van der Waals surface area contributed by atoms with Gasteiger partial charge in [0.25, 0.3) is 0 Å². The molecule has 0 aliphatic heterocycles. The van der Waals surface area contributed by atoms with E-state index in [2.05, 4.69) is 16.0 Å². The minimum absolute atomic E-state index is 0.129. The van der Waals surface area contributed by atoms with Crippen molar-refractivity contribution in [3.05, 3.63) is 71.5 Å². The number of nitrogens with zero attached hydrogens (tertiary/aromatic N) is 4. The normalized spacial score (nSPS) is 12.0. The van der Waals surface area contributed by atoms with Crippen molar-refractivity contribution in [3.63, 3.8) is 0 Å². The minimum atomic E-state index is -0.939. The van der Waals surface area contributed by atoms with Gasteiger partial charge in [0, 0.05) is 25.5 Å². The van der Waals surface area contributed by atoms with Crippen LogP contribution in [0.3, 0.4) is 0 Å². The van der Waals surface area contributed by atoms with Crippen LogP contribution in [0.25, 0.3) is 22.4 Å². The SMILES string of the molecule is Cn1c(C(C#N)C(=O)CCc2ncc(-c3ccccc3Cl)o2)nc2ccccc21. The number of para-hydroxylation sites is 2. The molecule has 4 aromatic rings. The van der Waals surface area contributed by atoms with E-state index in [1.165, 1.54) is 0 Å². The first-order valence-electron chi connectivity index (χ1n) is 9.11. The van der Waals surface area contributed by atoms with E-state index in [0.717, 1.165) is 16.6 Å². The van der Waals surface area contributed by atoms with E-state index in [9.17, 15) is 10.1 Å². The van der Waals surface area contributed by atoms with Crippen molar-refractivity contribution < 1.29 is 9.21 Å². The van der Waals surface area contributed by atoms with Crippen molar-refractivity contribution in [2.75, 3.05) is 0 Å². The summed E-state index contributed by atoms with van der Waals surface area (Å²) < 4.78 is 7.53. The molecule has 2 aromatic heterocycles.